The van der Waals surface area contributed by atoms with Gasteiger partial charge in [0.1, 0.15) is 5.69 Å². The fourth-order valence-corrected chi connectivity index (χ4v) is 5.23. The first kappa shape index (κ1) is 30.0. The molecule has 0 saturated carbocycles. The molecule has 0 fully saturated rings. The van der Waals surface area contributed by atoms with E-state index < -0.39 is 11.9 Å². The van der Waals surface area contributed by atoms with Gasteiger partial charge >= 0.3 is 6.09 Å². The highest BCUT2D eigenvalue weighted by Crippen LogP contribution is 2.26. The summed E-state index contributed by atoms with van der Waals surface area (Å²) < 4.78 is 20.7. The van der Waals surface area contributed by atoms with Crippen molar-refractivity contribution in [2.24, 2.45) is 5.92 Å². The van der Waals surface area contributed by atoms with Crippen LogP contribution in [0.15, 0.2) is 48.7 Å². The molecule has 0 saturated heterocycles. The summed E-state index contributed by atoms with van der Waals surface area (Å²) in [6.45, 7) is 3.96. The number of nitrogens with one attached hydrogen (secondary N) is 3. The average Bonchev–Trinajstić information content (AvgIpc) is 3.34. The van der Waals surface area contributed by atoms with E-state index in [-0.39, 0.29) is 40.5 Å². The summed E-state index contributed by atoms with van der Waals surface area (Å²) in [4.78, 5) is 37.9. The highest BCUT2D eigenvalue weighted by Gasteiger charge is 2.24. The molecule has 1 aliphatic heterocycles. The minimum absolute atomic E-state index is 0.0265. The van der Waals surface area contributed by atoms with E-state index in [4.69, 9.17) is 11.6 Å². The zero-order chi connectivity index (χ0) is 29.5. The monoisotopic (exact) mass is 583 g/mol. The van der Waals surface area contributed by atoms with Crippen LogP contribution in [0.25, 0.3) is 5.69 Å². The van der Waals surface area contributed by atoms with Crippen molar-refractivity contribution in [3.8, 4) is 5.69 Å². The van der Waals surface area contributed by atoms with Crippen LogP contribution < -0.4 is 16.0 Å². The van der Waals surface area contributed by atoms with Crippen molar-refractivity contribution < 1.29 is 23.5 Å². The third-order valence-corrected chi connectivity index (χ3v) is 7.72. The molecule has 0 radical (unpaired) electrons. The maximum absolute atomic E-state index is 14.6. The molecule has 3 atom stereocenters. The molecule has 1 aromatic heterocycles. The average molecular weight is 584 g/mol. The van der Waals surface area contributed by atoms with Crippen molar-refractivity contribution in [2.75, 3.05) is 13.7 Å². The lowest BCUT2D eigenvalue weighted by molar-refractivity contribution is -0.125. The highest BCUT2D eigenvalue weighted by atomic mass is 35.5. The quantitative estimate of drug-likeness (QED) is 0.376. The van der Waals surface area contributed by atoms with Gasteiger partial charge in [0.2, 0.25) is 5.91 Å². The number of fused-ring (bicyclic) bond motifs is 2. The van der Waals surface area contributed by atoms with Crippen LogP contribution in [0.5, 0.6) is 0 Å². The topological polar surface area (TPSA) is 114 Å². The molecule has 41 heavy (non-hydrogen) atoms. The number of ether oxygens (including phenoxy) is 1. The smallest absolute Gasteiger partial charge is 0.406 e. The van der Waals surface area contributed by atoms with E-state index in [0.717, 1.165) is 11.1 Å². The molecule has 9 nitrogen and oxygen atoms in total. The lowest BCUT2D eigenvalue weighted by Gasteiger charge is -2.25. The van der Waals surface area contributed by atoms with E-state index in [2.05, 4.69) is 25.8 Å². The van der Waals surface area contributed by atoms with Crippen molar-refractivity contribution in [1.82, 2.24) is 25.7 Å². The Morgan fingerprint density at radius 1 is 1.22 bits per heavy atom. The van der Waals surface area contributed by atoms with Crippen LogP contribution in [0.4, 0.5) is 9.18 Å². The number of carbonyl (C=O) groups is 3. The molecule has 3 aromatic rings. The minimum Gasteiger partial charge on any atom is -0.453 e. The molecule has 0 aliphatic carbocycles. The molecule has 0 spiro atoms. The number of carbonyl (C=O) groups excluding carboxylic acids is 3. The molecular weight excluding hydrogens is 549 g/mol. The van der Waals surface area contributed by atoms with Crippen molar-refractivity contribution in [1.29, 1.82) is 0 Å². The highest BCUT2D eigenvalue weighted by molar-refractivity contribution is 6.30. The number of nitrogens with zero attached hydrogens (tertiary/aromatic N) is 2. The van der Waals surface area contributed by atoms with E-state index in [1.807, 2.05) is 31.2 Å². The Balaban J connectivity index is 1.56. The van der Waals surface area contributed by atoms with Crippen LogP contribution in [-0.4, -0.2) is 47.4 Å². The molecule has 218 valence electrons. The fourth-order valence-electron chi connectivity index (χ4n) is 5.06. The number of benzene rings is 2. The van der Waals surface area contributed by atoms with Gasteiger partial charge in [-0.3, -0.25) is 9.59 Å². The van der Waals surface area contributed by atoms with Crippen LogP contribution in [-0.2, 0) is 16.0 Å². The molecule has 2 aromatic carbocycles. The summed E-state index contributed by atoms with van der Waals surface area (Å²) >= 11 is 5.95. The molecule has 2 heterocycles. The Kier molecular flexibility index (Phi) is 9.99. The number of rotatable bonds is 6. The second-order valence-electron chi connectivity index (χ2n) is 10.3. The Bertz CT molecular complexity index is 1410. The number of aromatic nitrogens is 2. The lowest BCUT2D eigenvalue weighted by atomic mass is 9.92. The van der Waals surface area contributed by atoms with Gasteiger partial charge in [-0.2, -0.15) is 5.10 Å². The number of hydrogen-bond donors (Lipinski definition) is 3. The van der Waals surface area contributed by atoms with Gasteiger partial charge in [-0.1, -0.05) is 55.3 Å². The molecular formula is C30H35ClFN5O4. The van der Waals surface area contributed by atoms with Crippen LogP contribution in [0.3, 0.4) is 0 Å². The Hall–Kier alpha value is -3.92. The van der Waals surface area contributed by atoms with E-state index in [1.54, 1.807) is 19.1 Å². The third-order valence-electron chi connectivity index (χ3n) is 7.43. The molecule has 1 aliphatic rings. The van der Waals surface area contributed by atoms with Gasteiger partial charge in [0.05, 0.1) is 35.6 Å². The van der Waals surface area contributed by atoms with Gasteiger partial charge in [-0.05, 0) is 55.9 Å². The van der Waals surface area contributed by atoms with Gasteiger partial charge in [0.15, 0.2) is 5.82 Å². The zero-order valence-electron chi connectivity index (χ0n) is 23.4. The standard InChI is InChI=1S/C30H35ClFN5O4/c1-18-7-4-11-25(36-29(39)23-17-34-37(19(23)2)26-12-6-10-24(31)27(26)32)21-9-5-8-20(15-21)16-22(35-28(18)38)13-14-33-30(40)41-3/h5-6,8-10,12,15,17-18,22,25H,4,7,11,13-14,16H2,1-3H3,(H,33,40)(H,35,38)(H,36,39)/t18-,22+,25+/m1/s1. The lowest BCUT2D eigenvalue weighted by Crippen LogP contribution is -2.42. The fraction of sp³-hybridized carbons (Fsp3) is 0.400. The van der Waals surface area contributed by atoms with Crippen LogP contribution in [0.1, 0.15) is 65.8 Å². The maximum Gasteiger partial charge on any atom is 0.406 e. The molecule has 3 N–H and O–H groups in total. The largest absolute Gasteiger partial charge is 0.453 e. The second-order valence-corrected chi connectivity index (χ2v) is 10.8. The van der Waals surface area contributed by atoms with E-state index in [0.29, 0.717) is 49.9 Å². The number of alkyl carbamates (subject to hydrolysis) is 1. The first-order valence-electron chi connectivity index (χ1n) is 13.7. The first-order valence-corrected chi connectivity index (χ1v) is 14.1. The van der Waals surface area contributed by atoms with Gasteiger partial charge in [0.25, 0.3) is 5.91 Å². The molecule has 4 rings (SSSR count). The van der Waals surface area contributed by atoms with E-state index in [9.17, 15) is 18.8 Å². The summed E-state index contributed by atoms with van der Waals surface area (Å²) in [5.74, 6) is -1.19. The molecule has 2 bridgehead atoms. The minimum atomic E-state index is -0.610. The Morgan fingerprint density at radius 2 is 2.00 bits per heavy atom. The zero-order valence-corrected chi connectivity index (χ0v) is 24.1. The number of halogens is 2. The van der Waals surface area contributed by atoms with Gasteiger partial charge in [-0.15, -0.1) is 0 Å². The Morgan fingerprint density at radius 3 is 2.78 bits per heavy atom. The van der Waals surface area contributed by atoms with Crippen molar-refractivity contribution in [3.63, 3.8) is 0 Å². The van der Waals surface area contributed by atoms with Crippen LogP contribution in [0, 0.1) is 18.7 Å². The van der Waals surface area contributed by atoms with E-state index in [1.165, 1.54) is 24.1 Å². The van der Waals surface area contributed by atoms with Crippen LogP contribution in [0.2, 0.25) is 5.02 Å². The van der Waals surface area contributed by atoms with Crippen molar-refractivity contribution in [2.45, 2.75) is 58.0 Å². The van der Waals surface area contributed by atoms with Crippen molar-refractivity contribution >= 4 is 29.5 Å². The summed E-state index contributed by atoms with van der Waals surface area (Å²) in [5, 5.41) is 13.2. The number of amides is 3. The van der Waals surface area contributed by atoms with E-state index >= 15 is 0 Å². The SMILES string of the molecule is COC(=O)NCC[C@H]1Cc2cccc(c2)[C@@H](NC(=O)c2cnn(-c3cccc(Cl)c3F)c2C)CCC[C@@H](C)C(=O)N1. The third kappa shape index (κ3) is 7.43. The molecule has 0 unspecified atom stereocenters. The first-order chi connectivity index (χ1) is 19.7. The van der Waals surface area contributed by atoms with Gasteiger partial charge in [-0.25, -0.2) is 13.9 Å². The second kappa shape index (κ2) is 13.6. The number of hydrogen-bond acceptors (Lipinski definition) is 5. The summed E-state index contributed by atoms with van der Waals surface area (Å²) in [7, 11) is 1.31. The summed E-state index contributed by atoms with van der Waals surface area (Å²) in [6.07, 6.45) is 4.00. The van der Waals surface area contributed by atoms with Gasteiger partial charge < -0.3 is 20.7 Å². The molecule has 11 heteroatoms. The predicted molar refractivity (Wildman–Crippen MR) is 154 cm³/mol. The summed E-state index contributed by atoms with van der Waals surface area (Å²) in [5.41, 5.74) is 2.93. The van der Waals surface area contributed by atoms with Crippen molar-refractivity contribution in [3.05, 3.63) is 81.9 Å². The number of methoxy groups -OCH3 is 1. The maximum atomic E-state index is 14.6. The normalized spacial score (nSPS) is 19.3. The van der Waals surface area contributed by atoms with Gasteiger partial charge in [0, 0.05) is 18.5 Å². The summed E-state index contributed by atoms with van der Waals surface area (Å²) in [6, 6.07) is 12.1. The molecule has 3 amide bonds. The Labute approximate surface area is 243 Å². The van der Waals surface area contributed by atoms with Crippen LogP contribution >= 0.6 is 11.6 Å². The predicted octanol–water partition coefficient (Wildman–Crippen LogP) is 5.04.